The molecule has 2 N–H and O–H groups in total. The molecule has 0 aliphatic carbocycles. The molecule has 2 unspecified atom stereocenters. The van der Waals surface area contributed by atoms with Gasteiger partial charge < -0.3 is 10.2 Å². The summed E-state index contributed by atoms with van der Waals surface area (Å²) in [5.41, 5.74) is 0.256. The molecule has 0 radical (unpaired) electrons. The van der Waals surface area contributed by atoms with Crippen molar-refractivity contribution < 1.29 is 15.0 Å². The lowest BCUT2D eigenvalue weighted by Crippen LogP contribution is -2.22. The lowest BCUT2D eigenvalue weighted by Gasteiger charge is -2.17. The van der Waals surface area contributed by atoms with Gasteiger partial charge in [-0.1, -0.05) is 35.1 Å². The first-order valence-electron chi connectivity index (χ1n) is 5.01. The van der Waals surface area contributed by atoms with Crippen molar-refractivity contribution in [2.24, 2.45) is 0 Å². The number of hydrogen-bond donors (Lipinski definition) is 2. The first-order valence-corrected chi connectivity index (χ1v) is 7.60. The minimum Gasteiger partial charge on any atom is -0.389 e. The molecule has 0 amide bonds. The van der Waals surface area contributed by atoms with Gasteiger partial charge in [-0.15, -0.1) is 0 Å². The van der Waals surface area contributed by atoms with Crippen molar-refractivity contribution in [1.29, 1.82) is 0 Å². The van der Waals surface area contributed by atoms with Crippen LogP contribution < -0.4 is 0 Å². The van der Waals surface area contributed by atoms with Crippen LogP contribution in [0.2, 0.25) is 5.15 Å². The molecule has 1 aromatic heterocycles. The van der Waals surface area contributed by atoms with Gasteiger partial charge in [-0.2, -0.15) is 0 Å². The average molecular weight is 309 g/mol. The number of rotatable bonds is 5. The Balaban J connectivity index is 2.76. The van der Waals surface area contributed by atoms with Gasteiger partial charge in [0.1, 0.15) is 11.3 Å². The Morgan fingerprint density at radius 3 is 2.72 bits per heavy atom. The number of halogens is 1. The Hall–Kier alpha value is -0.340. The molecule has 0 aliphatic rings. The van der Waals surface area contributed by atoms with E-state index in [9.17, 15) is 15.0 Å². The van der Waals surface area contributed by atoms with Crippen LogP contribution in [0.1, 0.15) is 18.6 Å². The van der Waals surface area contributed by atoms with E-state index in [4.69, 9.17) is 11.6 Å². The number of carbonyl (C=O) groups excluding carboxylic acids is 1. The molecule has 18 heavy (non-hydrogen) atoms. The van der Waals surface area contributed by atoms with E-state index < -0.39 is 12.2 Å². The van der Waals surface area contributed by atoms with E-state index in [1.54, 1.807) is 6.26 Å². The second-order valence-electron chi connectivity index (χ2n) is 3.42. The SMILES string of the molecule is CSc1ncc(C(O)C(O)CSC(C)=O)c(Cl)n1. The van der Waals surface area contributed by atoms with E-state index in [2.05, 4.69) is 9.97 Å². The van der Waals surface area contributed by atoms with Gasteiger partial charge in [-0.3, -0.25) is 4.79 Å². The number of hydrogen-bond acceptors (Lipinski definition) is 7. The highest BCUT2D eigenvalue weighted by molar-refractivity contribution is 8.13. The van der Waals surface area contributed by atoms with Gasteiger partial charge in [0.05, 0.1) is 6.10 Å². The lowest BCUT2D eigenvalue weighted by molar-refractivity contribution is -0.109. The number of carbonyl (C=O) groups is 1. The van der Waals surface area contributed by atoms with Gasteiger partial charge >= 0.3 is 0 Å². The minimum atomic E-state index is -1.21. The summed E-state index contributed by atoms with van der Waals surface area (Å²) in [6.45, 7) is 1.40. The quantitative estimate of drug-likeness (QED) is 0.485. The molecule has 0 saturated heterocycles. The summed E-state index contributed by atoms with van der Waals surface area (Å²) in [6, 6.07) is 0. The Bertz CT molecular complexity index is 434. The second kappa shape index (κ2) is 7.30. The normalized spacial score (nSPS) is 14.3. The highest BCUT2D eigenvalue weighted by Crippen LogP contribution is 2.26. The van der Waals surface area contributed by atoms with E-state index in [1.165, 1.54) is 24.9 Å². The zero-order valence-corrected chi connectivity index (χ0v) is 12.2. The Morgan fingerprint density at radius 2 is 2.22 bits per heavy atom. The number of aromatic nitrogens is 2. The van der Waals surface area contributed by atoms with Crippen molar-refractivity contribution in [1.82, 2.24) is 9.97 Å². The topological polar surface area (TPSA) is 83.3 Å². The molecular formula is C10H13ClN2O3S2. The Labute approximate surface area is 118 Å². The summed E-state index contributed by atoms with van der Waals surface area (Å²) in [5.74, 6) is 0.0944. The third-order valence-electron chi connectivity index (χ3n) is 2.07. The molecule has 1 heterocycles. The summed E-state index contributed by atoms with van der Waals surface area (Å²) >= 11 is 8.17. The van der Waals surface area contributed by atoms with Crippen LogP contribution in [-0.4, -0.2) is 43.4 Å². The molecule has 1 rings (SSSR count). The van der Waals surface area contributed by atoms with Crippen molar-refractivity contribution in [2.75, 3.05) is 12.0 Å². The molecule has 0 aliphatic heterocycles. The molecule has 0 saturated carbocycles. The van der Waals surface area contributed by atoms with E-state index in [-0.39, 0.29) is 21.6 Å². The summed E-state index contributed by atoms with van der Waals surface area (Å²) in [5, 5.41) is 20.1. The van der Waals surface area contributed by atoms with E-state index >= 15 is 0 Å². The van der Waals surface area contributed by atoms with Crippen LogP contribution >= 0.6 is 35.1 Å². The third kappa shape index (κ3) is 4.40. The van der Waals surface area contributed by atoms with Gasteiger partial charge in [0.2, 0.25) is 0 Å². The Kier molecular flexibility index (Phi) is 6.37. The highest BCUT2D eigenvalue weighted by Gasteiger charge is 2.22. The Morgan fingerprint density at radius 1 is 1.56 bits per heavy atom. The molecule has 8 heteroatoms. The smallest absolute Gasteiger partial charge is 0.188 e. The largest absolute Gasteiger partial charge is 0.389 e. The predicted octanol–water partition coefficient (Wildman–Crippen LogP) is 1.53. The van der Waals surface area contributed by atoms with Gasteiger partial charge in [-0.25, -0.2) is 9.97 Å². The zero-order valence-electron chi connectivity index (χ0n) is 9.83. The molecule has 0 aromatic carbocycles. The van der Waals surface area contributed by atoms with Crippen LogP contribution in [0.25, 0.3) is 0 Å². The van der Waals surface area contributed by atoms with Crippen LogP contribution in [0.15, 0.2) is 11.4 Å². The second-order valence-corrected chi connectivity index (χ2v) is 5.75. The molecule has 100 valence electrons. The zero-order chi connectivity index (χ0) is 13.7. The van der Waals surface area contributed by atoms with Crippen LogP contribution in [-0.2, 0) is 4.79 Å². The summed E-state index contributed by atoms with van der Waals surface area (Å²) in [7, 11) is 0. The first kappa shape index (κ1) is 15.7. The van der Waals surface area contributed by atoms with E-state index in [0.717, 1.165) is 11.8 Å². The van der Waals surface area contributed by atoms with Gasteiger partial charge in [0.15, 0.2) is 10.3 Å². The van der Waals surface area contributed by atoms with Crippen molar-refractivity contribution in [3.63, 3.8) is 0 Å². The predicted molar refractivity (Wildman–Crippen MR) is 72.9 cm³/mol. The fourth-order valence-electron chi connectivity index (χ4n) is 1.15. The van der Waals surface area contributed by atoms with Crippen LogP contribution in [0, 0.1) is 0 Å². The number of thioether (sulfide) groups is 2. The van der Waals surface area contributed by atoms with Gasteiger partial charge in [0.25, 0.3) is 0 Å². The molecule has 5 nitrogen and oxygen atoms in total. The number of aliphatic hydroxyl groups excluding tert-OH is 2. The fourth-order valence-corrected chi connectivity index (χ4v) is 2.37. The number of nitrogens with zero attached hydrogens (tertiary/aromatic N) is 2. The molecule has 0 fully saturated rings. The fraction of sp³-hybridized carbons (Fsp3) is 0.500. The van der Waals surface area contributed by atoms with Crippen molar-refractivity contribution in [3.05, 3.63) is 16.9 Å². The maximum absolute atomic E-state index is 10.8. The average Bonchev–Trinajstić information content (AvgIpc) is 2.34. The molecule has 0 bridgehead atoms. The molecule has 2 atom stereocenters. The standard InChI is InChI=1S/C10H13ClN2O3S2/c1-5(14)18-4-7(15)8(16)6-3-12-10(17-2)13-9(6)11/h3,7-8,15-16H,4H2,1-2H3. The van der Waals surface area contributed by atoms with Crippen molar-refractivity contribution >= 4 is 40.2 Å². The molecule has 1 aromatic rings. The summed E-state index contributed by atoms with van der Waals surface area (Å²) in [4.78, 5) is 18.7. The first-order chi connectivity index (χ1) is 8.45. The highest BCUT2D eigenvalue weighted by atomic mass is 35.5. The van der Waals surface area contributed by atoms with Gasteiger partial charge in [-0.05, 0) is 6.26 Å². The van der Waals surface area contributed by atoms with Crippen LogP contribution in [0.4, 0.5) is 0 Å². The van der Waals surface area contributed by atoms with Crippen molar-refractivity contribution in [3.8, 4) is 0 Å². The van der Waals surface area contributed by atoms with Crippen LogP contribution in [0.5, 0.6) is 0 Å². The maximum atomic E-state index is 10.8. The minimum absolute atomic E-state index is 0.0944. The van der Waals surface area contributed by atoms with Crippen LogP contribution in [0.3, 0.4) is 0 Å². The third-order valence-corrected chi connectivity index (χ3v) is 3.85. The van der Waals surface area contributed by atoms with E-state index in [0.29, 0.717) is 5.16 Å². The summed E-state index contributed by atoms with van der Waals surface area (Å²) < 4.78 is 0. The van der Waals surface area contributed by atoms with Crippen molar-refractivity contribution in [2.45, 2.75) is 24.3 Å². The summed E-state index contributed by atoms with van der Waals surface area (Å²) in [6.07, 6.45) is 0.883. The maximum Gasteiger partial charge on any atom is 0.188 e. The van der Waals surface area contributed by atoms with E-state index in [1.807, 2.05) is 0 Å². The molecular weight excluding hydrogens is 296 g/mol. The number of aliphatic hydroxyl groups is 2. The van der Waals surface area contributed by atoms with Gasteiger partial charge in [0, 0.05) is 24.4 Å². The monoisotopic (exact) mass is 308 g/mol. The lowest BCUT2D eigenvalue weighted by atomic mass is 10.1. The molecule has 0 spiro atoms.